The number of nitrogens with one attached hydrogen (secondary N) is 2. The molecule has 0 aliphatic carbocycles. The fourth-order valence-electron chi connectivity index (χ4n) is 3.94. The minimum atomic E-state index is -0.208. The summed E-state index contributed by atoms with van der Waals surface area (Å²) in [6, 6.07) is 17.9. The summed E-state index contributed by atoms with van der Waals surface area (Å²) >= 11 is 0. The molecule has 1 aliphatic heterocycles. The van der Waals surface area contributed by atoms with Crippen LogP contribution in [0.4, 0.5) is 4.39 Å². The van der Waals surface area contributed by atoms with Gasteiger partial charge < -0.3 is 15.5 Å². The second kappa shape index (κ2) is 11.1. The standard InChI is InChI=1S/C24H34FN5/c1-26-24(27-17-23(29(2)3)20-9-11-21(25)12-10-20)28-22-13-15-30(16-14-22)18-19-7-5-4-6-8-19/h4-12,22-23H,13-18H2,1-3H3,(H2,26,27,28). The van der Waals surface area contributed by atoms with E-state index in [2.05, 4.69) is 55.8 Å². The molecule has 1 heterocycles. The lowest BCUT2D eigenvalue weighted by Crippen LogP contribution is -2.49. The molecular formula is C24H34FN5. The Kier molecular flexibility index (Phi) is 8.22. The van der Waals surface area contributed by atoms with Gasteiger partial charge in [0.2, 0.25) is 0 Å². The number of aliphatic imine (C=N–C) groups is 1. The minimum absolute atomic E-state index is 0.136. The smallest absolute Gasteiger partial charge is 0.191 e. The highest BCUT2D eigenvalue weighted by atomic mass is 19.1. The zero-order valence-corrected chi connectivity index (χ0v) is 18.3. The van der Waals surface area contributed by atoms with E-state index in [9.17, 15) is 4.39 Å². The molecule has 30 heavy (non-hydrogen) atoms. The third kappa shape index (κ3) is 6.54. The molecule has 0 bridgehead atoms. The zero-order chi connectivity index (χ0) is 21.3. The van der Waals surface area contributed by atoms with Crippen LogP contribution in [0, 0.1) is 5.82 Å². The van der Waals surface area contributed by atoms with Gasteiger partial charge in [0.25, 0.3) is 0 Å². The van der Waals surface area contributed by atoms with Crippen LogP contribution in [-0.4, -0.2) is 62.6 Å². The third-order valence-electron chi connectivity index (χ3n) is 5.74. The molecule has 1 saturated heterocycles. The molecule has 2 N–H and O–H groups in total. The molecule has 0 amide bonds. The van der Waals surface area contributed by atoms with Crippen molar-refractivity contribution in [2.24, 2.45) is 4.99 Å². The quantitative estimate of drug-likeness (QED) is 0.542. The van der Waals surface area contributed by atoms with Crippen molar-refractivity contribution in [3.63, 3.8) is 0 Å². The van der Waals surface area contributed by atoms with E-state index in [1.54, 1.807) is 0 Å². The summed E-state index contributed by atoms with van der Waals surface area (Å²) in [5.74, 6) is 0.616. The number of guanidine groups is 1. The van der Waals surface area contributed by atoms with E-state index in [4.69, 9.17) is 0 Å². The van der Waals surface area contributed by atoms with Gasteiger partial charge in [-0.05, 0) is 50.2 Å². The molecule has 162 valence electrons. The topological polar surface area (TPSA) is 42.9 Å². The monoisotopic (exact) mass is 411 g/mol. The first-order valence-corrected chi connectivity index (χ1v) is 10.7. The highest BCUT2D eigenvalue weighted by Crippen LogP contribution is 2.18. The van der Waals surface area contributed by atoms with Crippen molar-refractivity contribution < 1.29 is 4.39 Å². The number of nitrogens with zero attached hydrogens (tertiary/aromatic N) is 3. The molecule has 5 nitrogen and oxygen atoms in total. The number of likely N-dealkylation sites (tertiary alicyclic amines) is 1. The molecule has 2 aromatic carbocycles. The van der Waals surface area contributed by atoms with E-state index in [0.29, 0.717) is 12.6 Å². The van der Waals surface area contributed by atoms with E-state index >= 15 is 0 Å². The van der Waals surface area contributed by atoms with E-state index < -0.39 is 0 Å². The average Bonchev–Trinajstić information content (AvgIpc) is 2.76. The van der Waals surface area contributed by atoms with Crippen LogP contribution in [0.3, 0.4) is 0 Å². The molecule has 1 unspecified atom stereocenters. The van der Waals surface area contributed by atoms with Crippen molar-refractivity contribution in [2.45, 2.75) is 31.5 Å². The van der Waals surface area contributed by atoms with Crippen LogP contribution >= 0.6 is 0 Å². The highest BCUT2D eigenvalue weighted by molar-refractivity contribution is 5.80. The van der Waals surface area contributed by atoms with Gasteiger partial charge in [-0.2, -0.15) is 0 Å². The zero-order valence-electron chi connectivity index (χ0n) is 18.3. The first-order chi connectivity index (χ1) is 14.5. The maximum absolute atomic E-state index is 13.3. The lowest BCUT2D eigenvalue weighted by molar-refractivity contribution is 0.198. The highest BCUT2D eigenvalue weighted by Gasteiger charge is 2.21. The molecule has 2 aromatic rings. The maximum Gasteiger partial charge on any atom is 0.191 e. The second-order valence-electron chi connectivity index (χ2n) is 8.16. The Morgan fingerprint density at radius 1 is 1.10 bits per heavy atom. The maximum atomic E-state index is 13.3. The Morgan fingerprint density at radius 2 is 1.77 bits per heavy atom. The van der Waals surface area contributed by atoms with Crippen LogP contribution in [0.1, 0.15) is 30.0 Å². The largest absolute Gasteiger partial charge is 0.354 e. The summed E-state index contributed by atoms with van der Waals surface area (Å²) in [6.07, 6.45) is 2.20. The van der Waals surface area contributed by atoms with Crippen LogP contribution in [-0.2, 0) is 6.54 Å². The van der Waals surface area contributed by atoms with Gasteiger partial charge in [-0.25, -0.2) is 4.39 Å². The minimum Gasteiger partial charge on any atom is -0.354 e. The van der Waals surface area contributed by atoms with Crippen LogP contribution in [0.2, 0.25) is 0 Å². The average molecular weight is 412 g/mol. The van der Waals surface area contributed by atoms with Gasteiger partial charge in [-0.15, -0.1) is 0 Å². The molecule has 3 rings (SSSR count). The lowest BCUT2D eigenvalue weighted by atomic mass is 10.0. The van der Waals surface area contributed by atoms with E-state index in [0.717, 1.165) is 44.0 Å². The van der Waals surface area contributed by atoms with Gasteiger partial charge in [0, 0.05) is 39.3 Å². The predicted molar refractivity (Wildman–Crippen MR) is 122 cm³/mol. The molecule has 1 atom stereocenters. The van der Waals surface area contributed by atoms with Crippen LogP contribution < -0.4 is 10.6 Å². The van der Waals surface area contributed by atoms with Crippen molar-refractivity contribution >= 4 is 5.96 Å². The van der Waals surface area contributed by atoms with E-state index in [-0.39, 0.29) is 11.9 Å². The van der Waals surface area contributed by atoms with Gasteiger partial charge in [0.1, 0.15) is 5.82 Å². The fraction of sp³-hybridized carbons (Fsp3) is 0.458. The molecule has 1 fully saturated rings. The number of hydrogen-bond donors (Lipinski definition) is 2. The Balaban J connectivity index is 1.47. The lowest BCUT2D eigenvalue weighted by Gasteiger charge is -2.33. The molecule has 0 radical (unpaired) electrons. The van der Waals surface area contributed by atoms with Crippen LogP contribution in [0.25, 0.3) is 0 Å². The number of piperidine rings is 1. The Morgan fingerprint density at radius 3 is 2.37 bits per heavy atom. The molecular weight excluding hydrogens is 377 g/mol. The van der Waals surface area contributed by atoms with Gasteiger partial charge in [-0.1, -0.05) is 42.5 Å². The summed E-state index contributed by atoms with van der Waals surface area (Å²) in [5.41, 5.74) is 2.45. The summed E-state index contributed by atoms with van der Waals surface area (Å²) in [6.45, 7) is 3.88. The third-order valence-corrected chi connectivity index (χ3v) is 5.74. The summed E-state index contributed by atoms with van der Waals surface area (Å²) in [7, 11) is 5.88. The Hall–Kier alpha value is -2.44. The molecule has 6 heteroatoms. The van der Waals surface area contributed by atoms with Gasteiger partial charge in [0.05, 0.1) is 6.04 Å². The molecule has 0 saturated carbocycles. The SMILES string of the molecule is CN=C(NCC(c1ccc(F)cc1)N(C)C)NC1CCN(Cc2ccccc2)CC1. The summed E-state index contributed by atoms with van der Waals surface area (Å²) in [5, 5.41) is 7.03. The first-order valence-electron chi connectivity index (χ1n) is 10.7. The molecule has 0 aromatic heterocycles. The van der Waals surface area contributed by atoms with Gasteiger partial charge in [0.15, 0.2) is 5.96 Å². The normalized spacial score (nSPS) is 17.2. The summed E-state index contributed by atoms with van der Waals surface area (Å²) in [4.78, 5) is 9.06. The van der Waals surface area contributed by atoms with Crippen molar-refractivity contribution in [1.29, 1.82) is 0 Å². The van der Waals surface area contributed by atoms with Crippen LogP contribution in [0.5, 0.6) is 0 Å². The number of likely N-dealkylation sites (N-methyl/N-ethyl adjacent to an activating group) is 1. The second-order valence-corrected chi connectivity index (χ2v) is 8.16. The number of benzene rings is 2. The number of rotatable bonds is 7. The van der Waals surface area contributed by atoms with Crippen molar-refractivity contribution in [3.8, 4) is 0 Å². The first kappa shape index (κ1) is 22.2. The van der Waals surface area contributed by atoms with E-state index in [1.165, 1.54) is 17.7 Å². The van der Waals surface area contributed by atoms with Crippen LogP contribution in [0.15, 0.2) is 59.6 Å². The molecule has 1 aliphatic rings. The van der Waals surface area contributed by atoms with Gasteiger partial charge in [-0.3, -0.25) is 9.89 Å². The number of hydrogen-bond acceptors (Lipinski definition) is 3. The van der Waals surface area contributed by atoms with Crippen molar-refractivity contribution in [1.82, 2.24) is 20.4 Å². The van der Waals surface area contributed by atoms with E-state index in [1.807, 2.05) is 33.3 Å². The summed E-state index contributed by atoms with van der Waals surface area (Å²) < 4.78 is 13.3. The number of halogens is 1. The predicted octanol–water partition coefficient (Wildman–Crippen LogP) is 3.26. The van der Waals surface area contributed by atoms with Gasteiger partial charge >= 0.3 is 0 Å². The molecule has 0 spiro atoms. The van der Waals surface area contributed by atoms with Crippen molar-refractivity contribution in [3.05, 3.63) is 71.5 Å². The fourth-order valence-corrected chi connectivity index (χ4v) is 3.94. The Labute approximate surface area is 180 Å². The van der Waals surface area contributed by atoms with Crippen molar-refractivity contribution in [2.75, 3.05) is 40.8 Å². The Bertz CT molecular complexity index is 783.